The molecule has 0 saturated carbocycles. The number of aliphatic hydroxyl groups excluding tert-OH is 1. The van der Waals surface area contributed by atoms with E-state index in [1.54, 1.807) is 0 Å². The van der Waals surface area contributed by atoms with Gasteiger partial charge in [-0.1, -0.05) is 42.5 Å². The average molecular weight is 368 g/mol. The molecule has 1 aromatic heterocycles. The molecule has 7 nitrogen and oxygen atoms in total. The number of benzene rings is 1. The van der Waals surface area contributed by atoms with E-state index in [1.807, 2.05) is 42.5 Å². The number of hydrogen-bond donors (Lipinski definition) is 3. The molecule has 3 rings (SSSR count). The number of hydrogen-bond acceptors (Lipinski definition) is 6. The topological polar surface area (TPSA) is 98.6 Å². The molecule has 1 aliphatic rings. The summed E-state index contributed by atoms with van der Waals surface area (Å²) in [4.78, 5) is 21.2. The van der Waals surface area contributed by atoms with Crippen molar-refractivity contribution >= 4 is 18.0 Å². The molecule has 7 heteroatoms. The highest BCUT2D eigenvalue weighted by atomic mass is 16.4. The Balaban J connectivity index is 1.50. The molecule has 1 aliphatic heterocycles. The van der Waals surface area contributed by atoms with Crippen molar-refractivity contribution < 1.29 is 15.0 Å². The van der Waals surface area contributed by atoms with Gasteiger partial charge in [-0.25, -0.2) is 14.8 Å². The lowest BCUT2D eigenvalue weighted by Crippen LogP contribution is -2.47. The summed E-state index contributed by atoms with van der Waals surface area (Å²) < 4.78 is 0. The van der Waals surface area contributed by atoms with Crippen LogP contribution < -0.4 is 10.2 Å². The van der Waals surface area contributed by atoms with Crippen molar-refractivity contribution in [3.63, 3.8) is 0 Å². The Hall–Kier alpha value is -2.77. The fourth-order valence-corrected chi connectivity index (χ4v) is 3.10. The van der Waals surface area contributed by atoms with E-state index in [1.165, 1.54) is 12.4 Å². The van der Waals surface area contributed by atoms with Gasteiger partial charge >= 0.3 is 5.97 Å². The van der Waals surface area contributed by atoms with Crippen LogP contribution in [0.3, 0.4) is 0 Å². The van der Waals surface area contributed by atoms with Crippen LogP contribution in [-0.4, -0.2) is 57.9 Å². The van der Waals surface area contributed by atoms with Gasteiger partial charge < -0.3 is 20.4 Å². The lowest BCUT2D eigenvalue weighted by molar-refractivity contribution is 0.0696. The van der Waals surface area contributed by atoms with Crippen molar-refractivity contribution in [2.24, 2.45) is 0 Å². The summed E-state index contributed by atoms with van der Waals surface area (Å²) in [5.41, 5.74) is 1.20. The van der Waals surface area contributed by atoms with Crippen molar-refractivity contribution in [3.8, 4) is 0 Å². The molecule has 2 heterocycles. The Morgan fingerprint density at radius 3 is 2.48 bits per heavy atom. The van der Waals surface area contributed by atoms with Crippen LogP contribution in [0.2, 0.25) is 0 Å². The quantitative estimate of drug-likeness (QED) is 0.685. The first-order valence-corrected chi connectivity index (χ1v) is 9.06. The van der Waals surface area contributed by atoms with E-state index in [9.17, 15) is 9.90 Å². The fourth-order valence-electron chi connectivity index (χ4n) is 3.10. The summed E-state index contributed by atoms with van der Waals surface area (Å²) in [5, 5.41) is 22.0. The van der Waals surface area contributed by atoms with E-state index in [2.05, 4.69) is 20.2 Å². The van der Waals surface area contributed by atoms with Gasteiger partial charge in [0, 0.05) is 37.6 Å². The third-order valence-electron chi connectivity index (χ3n) is 4.63. The molecule has 1 saturated heterocycles. The first-order valence-electron chi connectivity index (χ1n) is 9.06. The van der Waals surface area contributed by atoms with Crippen LogP contribution in [0.4, 0.5) is 5.95 Å². The Kier molecular flexibility index (Phi) is 6.51. The lowest BCUT2D eigenvalue weighted by atomic mass is 10.0. The number of piperidine rings is 1. The summed E-state index contributed by atoms with van der Waals surface area (Å²) in [5.74, 6) is -0.468. The molecule has 1 fully saturated rings. The number of carboxylic acid groups (broad SMARTS) is 1. The molecule has 0 radical (unpaired) electrons. The zero-order valence-corrected chi connectivity index (χ0v) is 15.0. The second kappa shape index (κ2) is 9.25. The lowest BCUT2D eigenvalue weighted by Gasteiger charge is -2.33. The smallest absolute Gasteiger partial charge is 0.338 e. The van der Waals surface area contributed by atoms with Gasteiger partial charge in [-0.3, -0.25) is 0 Å². The van der Waals surface area contributed by atoms with Crippen molar-refractivity contribution in [2.75, 3.05) is 24.6 Å². The molecule has 1 atom stereocenters. The monoisotopic (exact) mass is 368 g/mol. The van der Waals surface area contributed by atoms with Gasteiger partial charge in [-0.05, 0) is 18.4 Å². The molecule has 142 valence electrons. The third kappa shape index (κ3) is 5.35. The molecular formula is C20H24N4O3. The minimum Gasteiger partial charge on any atom is -0.478 e. The van der Waals surface area contributed by atoms with Gasteiger partial charge in [-0.15, -0.1) is 0 Å². The standard InChI is InChI=1S/C20H24N4O3/c25-14-18(7-6-15-4-2-1-3-5-15)23-17-8-10-24(11-9-17)20-21-12-16(13-22-20)19(26)27/h1-7,12-13,17-18,23,25H,8-11,14H2,(H,26,27). The van der Waals surface area contributed by atoms with E-state index < -0.39 is 5.97 Å². The molecule has 1 unspecified atom stereocenters. The second-order valence-electron chi connectivity index (χ2n) is 6.56. The maximum Gasteiger partial charge on any atom is 0.338 e. The van der Waals surface area contributed by atoms with Gasteiger partial charge in [0.1, 0.15) is 0 Å². The van der Waals surface area contributed by atoms with Gasteiger partial charge in [0.05, 0.1) is 12.2 Å². The third-order valence-corrected chi connectivity index (χ3v) is 4.63. The van der Waals surface area contributed by atoms with Gasteiger partial charge in [0.15, 0.2) is 0 Å². The SMILES string of the molecule is O=C(O)c1cnc(N2CCC(NC(C=Cc3ccccc3)CO)CC2)nc1. The molecule has 3 N–H and O–H groups in total. The summed E-state index contributed by atoms with van der Waals surface area (Å²) in [6, 6.07) is 10.2. The van der Waals surface area contributed by atoms with Crippen molar-refractivity contribution in [1.29, 1.82) is 0 Å². The second-order valence-corrected chi connectivity index (χ2v) is 6.56. The predicted molar refractivity (Wildman–Crippen MR) is 104 cm³/mol. The Labute approximate surface area is 158 Å². The first-order chi connectivity index (χ1) is 13.2. The number of nitrogens with zero attached hydrogens (tertiary/aromatic N) is 3. The first kappa shape index (κ1) is 19.0. The van der Waals surface area contributed by atoms with Crippen LogP contribution in [0.1, 0.15) is 28.8 Å². The predicted octanol–water partition coefficient (Wildman–Crippen LogP) is 1.81. The van der Waals surface area contributed by atoms with E-state index in [0.29, 0.717) is 12.0 Å². The number of aromatic carboxylic acids is 1. The molecule has 0 spiro atoms. The molecule has 0 amide bonds. The number of carboxylic acids is 1. The molecule has 27 heavy (non-hydrogen) atoms. The summed E-state index contributed by atoms with van der Waals surface area (Å²) >= 11 is 0. The Morgan fingerprint density at radius 2 is 1.89 bits per heavy atom. The maximum absolute atomic E-state index is 10.9. The van der Waals surface area contributed by atoms with E-state index in [0.717, 1.165) is 31.5 Å². The number of aromatic nitrogens is 2. The molecule has 0 bridgehead atoms. The van der Waals surface area contributed by atoms with Crippen LogP contribution in [0, 0.1) is 0 Å². The number of aliphatic hydroxyl groups is 1. The fraction of sp³-hybridized carbons (Fsp3) is 0.350. The number of nitrogens with one attached hydrogen (secondary N) is 1. The van der Waals surface area contributed by atoms with Crippen LogP contribution in [0.15, 0.2) is 48.8 Å². The van der Waals surface area contributed by atoms with Crippen molar-refractivity contribution in [1.82, 2.24) is 15.3 Å². The largest absolute Gasteiger partial charge is 0.478 e. The van der Waals surface area contributed by atoms with Crippen molar-refractivity contribution in [3.05, 3.63) is 59.9 Å². The van der Waals surface area contributed by atoms with Crippen molar-refractivity contribution in [2.45, 2.75) is 24.9 Å². The minimum absolute atomic E-state index is 0.0449. The Bertz CT molecular complexity index is 757. The average Bonchev–Trinajstić information content (AvgIpc) is 2.72. The normalized spacial score (nSPS) is 16.6. The van der Waals surface area contributed by atoms with Gasteiger partial charge in [0.25, 0.3) is 0 Å². The van der Waals surface area contributed by atoms with Crippen LogP contribution in [-0.2, 0) is 0 Å². The molecular weight excluding hydrogens is 344 g/mol. The zero-order chi connectivity index (χ0) is 19.1. The summed E-state index contributed by atoms with van der Waals surface area (Å²) in [7, 11) is 0. The molecule has 1 aromatic carbocycles. The van der Waals surface area contributed by atoms with E-state index >= 15 is 0 Å². The highest BCUT2D eigenvalue weighted by Gasteiger charge is 2.22. The number of carbonyl (C=O) groups is 1. The Morgan fingerprint density at radius 1 is 1.22 bits per heavy atom. The highest BCUT2D eigenvalue weighted by molar-refractivity contribution is 5.86. The molecule has 2 aromatic rings. The van der Waals surface area contributed by atoms with Crippen LogP contribution in [0.25, 0.3) is 6.08 Å². The minimum atomic E-state index is -1.02. The maximum atomic E-state index is 10.9. The van der Waals surface area contributed by atoms with E-state index in [4.69, 9.17) is 5.11 Å². The van der Waals surface area contributed by atoms with Crippen LogP contribution >= 0.6 is 0 Å². The zero-order valence-electron chi connectivity index (χ0n) is 15.0. The summed E-state index contributed by atoms with van der Waals surface area (Å²) in [6.45, 7) is 1.61. The number of rotatable bonds is 7. The summed E-state index contributed by atoms with van der Waals surface area (Å²) in [6.07, 6.45) is 8.49. The van der Waals surface area contributed by atoms with Crippen LogP contribution in [0.5, 0.6) is 0 Å². The number of anilines is 1. The molecule has 0 aliphatic carbocycles. The van der Waals surface area contributed by atoms with Gasteiger partial charge in [0.2, 0.25) is 5.95 Å². The van der Waals surface area contributed by atoms with Gasteiger partial charge in [-0.2, -0.15) is 0 Å². The van der Waals surface area contributed by atoms with E-state index in [-0.39, 0.29) is 18.2 Å². The highest BCUT2D eigenvalue weighted by Crippen LogP contribution is 2.16.